The summed E-state index contributed by atoms with van der Waals surface area (Å²) in [6.45, 7) is 8.36. The zero-order chi connectivity index (χ0) is 18.9. The van der Waals surface area contributed by atoms with Crippen molar-refractivity contribution < 1.29 is 14.3 Å². The summed E-state index contributed by atoms with van der Waals surface area (Å²) in [5.41, 5.74) is 5.99. The normalized spacial score (nSPS) is 11.1. The predicted molar refractivity (Wildman–Crippen MR) is 103 cm³/mol. The molecule has 1 aromatic carbocycles. The van der Waals surface area contributed by atoms with E-state index in [0.717, 1.165) is 30.2 Å². The number of amides is 2. The van der Waals surface area contributed by atoms with Crippen LogP contribution >= 0.6 is 15.9 Å². The molecule has 0 radical (unpaired) electrons. The lowest BCUT2D eigenvalue weighted by Crippen LogP contribution is -2.43. The van der Waals surface area contributed by atoms with Crippen molar-refractivity contribution in [2.45, 2.75) is 65.2 Å². The van der Waals surface area contributed by atoms with E-state index in [-0.39, 0.29) is 17.9 Å². The highest BCUT2D eigenvalue weighted by Gasteiger charge is 2.15. The van der Waals surface area contributed by atoms with E-state index in [9.17, 15) is 9.59 Å². The van der Waals surface area contributed by atoms with Gasteiger partial charge in [0.1, 0.15) is 5.75 Å². The van der Waals surface area contributed by atoms with Gasteiger partial charge in [0, 0.05) is 6.42 Å². The lowest BCUT2D eigenvalue weighted by Gasteiger charge is -2.20. The van der Waals surface area contributed by atoms with Gasteiger partial charge < -0.3 is 4.74 Å². The molecule has 140 valence electrons. The molecule has 1 rings (SSSR count). The Bertz CT molecular complexity index is 583. The quantitative estimate of drug-likeness (QED) is 0.495. The molecule has 2 amide bonds. The van der Waals surface area contributed by atoms with Gasteiger partial charge in [0.15, 0.2) is 6.61 Å². The molecule has 0 aliphatic heterocycles. The highest BCUT2D eigenvalue weighted by molar-refractivity contribution is 9.10. The summed E-state index contributed by atoms with van der Waals surface area (Å²) in [7, 11) is 0. The molecule has 0 atom stereocenters. The van der Waals surface area contributed by atoms with Gasteiger partial charge in [-0.25, -0.2) is 0 Å². The van der Waals surface area contributed by atoms with Crippen molar-refractivity contribution in [1.82, 2.24) is 10.9 Å². The van der Waals surface area contributed by atoms with Crippen LogP contribution in [0, 0.1) is 0 Å². The van der Waals surface area contributed by atoms with E-state index < -0.39 is 5.91 Å². The molecule has 1 aromatic rings. The summed E-state index contributed by atoms with van der Waals surface area (Å²) in [5.74, 6) is 0.0166. The molecule has 6 heteroatoms. The van der Waals surface area contributed by atoms with Crippen molar-refractivity contribution in [2.24, 2.45) is 0 Å². The number of rotatable bonds is 8. The molecule has 0 spiro atoms. The number of carbonyl (C=O) groups is 2. The van der Waals surface area contributed by atoms with Crippen molar-refractivity contribution in [3.8, 4) is 5.75 Å². The van der Waals surface area contributed by atoms with E-state index >= 15 is 0 Å². The summed E-state index contributed by atoms with van der Waals surface area (Å²) in [4.78, 5) is 23.4. The molecule has 25 heavy (non-hydrogen) atoms. The van der Waals surface area contributed by atoms with Crippen LogP contribution in [0.25, 0.3) is 0 Å². The van der Waals surface area contributed by atoms with Crippen LogP contribution in [-0.4, -0.2) is 18.4 Å². The Morgan fingerprint density at radius 1 is 1.08 bits per heavy atom. The summed E-state index contributed by atoms with van der Waals surface area (Å²) in [6.07, 6.45) is 4.53. The maximum absolute atomic E-state index is 11.8. The topological polar surface area (TPSA) is 67.4 Å². The van der Waals surface area contributed by atoms with Crippen molar-refractivity contribution in [3.63, 3.8) is 0 Å². The summed E-state index contributed by atoms with van der Waals surface area (Å²) >= 11 is 3.47. The van der Waals surface area contributed by atoms with Gasteiger partial charge >= 0.3 is 0 Å². The van der Waals surface area contributed by atoms with Crippen LogP contribution in [0.2, 0.25) is 0 Å². The Hall–Kier alpha value is -1.56. The first kappa shape index (κ1) is 21.5. The Labute approximate surface area is 159 Å². The molecule has 0 aliphatic carbocycles. The minimum atomic E-state index is -0.395. The largest absolute Gasteiger partial charge is 0.483 e. The number of ether oxygens (including phenoxy) is 1. The van der Waals surface area contributed by atoms with E-state index in [4.69, 9.17) is 4.74 Å². The van der Waals surface area contributed by atoms with E-state index in [1.54, 1.807) is 0 Å². The molecule has 2 N–H and O–H groups in total. The molecule has 0 unspecified atom stereocenters. The maximum atomic E-state index is 11.8. The van der Waals surface area contributed by atoms with Crippen LogP contribution in [0.15, 0.2) is 22.7 Å². The Morgan fingerprint density at radius 2 is 1.76 bits per heavy atom. The third-order valence-electron chi connectivity index (χ3n) is 3.76. The number of hydrazine groups is 1. The van der Waals surface area contributed by atoms with E-state index in [1.807, 2.05) is 18.2 Å². The second-order valence-electron chi connectivity index (χ2n) is 7.09. The molecule has 0 aliphatic rings. The molecule has 5 nitrogen and oxygen atoms in total. The number of carbonyl (C=O) groups excluding carboxylic acids is 2. The average molecular weight is 413 g/mol. The Kier molecular flexibility index (Phi) is 8.97. The van der Waals surface area contributed by atoms with E-state index in [1.165, 1.54) is 5.56 Å². The Morgan fingerprint density at radius 3 is 2.36 bits per heavy atom. The lowest BCUT2D eigenvalue weighted by atomic mass is 9.87. The fourth-order valence-corrected chi connectivity index (χ4v) is 2.67. The van der Waals surface area contributed by atoms with Crippen LogP contribution in [0.4, 0.5) is 0 Å². The summed E-state index contributed by atoms with van der Waals surface area (Å²) < 4.78 is 6.30. The van der Waals surface area contributed by atoms with Crippen molar-refractivity contribution in [2.75, 3.05) is 6.61 Å². The first-order chi connectivity index (χ1) is 11.7. The zero-order valence-corrected chi connectivity index (χ0v) is 17.2. The van der Waals surface area contributed by atoms with Gasteiger partial charge in [0.05, 0.1) is 4.47 Å². The number of hydrogen-bond donors (Lipinski definition) is 2. The molecular weight excluding hydrogens is 384 g/mol. The van der Waals surface area contributed by atoms with Crippen molar-refractivity contribution >= 4 is 27.7 Å². The third-order valence-corrected chi connectivity index (χ3v) is 4.38. The van der Waals surface area contributed by atoms with Crippen molar-refractivity contribution in [1.29, 1.82) is 0 Å². The second-order valence-corrected chi connectivity index (χ2v) is 7.95. The van der Waals surface area contributed by atoms with Crippen LogP contribution in [0.5, 0.6) is 5.75 Å². The number of halogens is 1. The van der Waals surface area contributed by atoms with Gasteiger partial charge in [-0.1, -0.05) is 53.0 Å². The lowest BCUT2D eigenvalue weighted by molar-refractivity contribution is -0.130. The van der Waals surface area contributed by atoms with Gasteiger partial charge in [-0.05, 0) is 45.5 Å². The Balaban J connectivity index is 2.36. The number of benzene rings is 1. The molecule has 0 fully saturated rings. The molecule has 0 bridgehead atoms. The fourth-order valence-electron chi connectivity index (χ4n) is 2.18. The molecule has 0 saturated carbocycles. The van der Waals surface area contributed by atoms with Gasteiger partial charge in [0.25, 0.3) is 5.91 Å². The third kappa shape index (κ3) is 8.38. The molecule has 0 aromatic heterocycles. The zero-order valence-electron chi connectivity index (χ0n) is 15.6. The number of nitrogens with one attached hydrogen (secondary N) is 2. The first-order valence-corrected chi connectivity index (χ1v) is 9.54. The minimum Gasteiger partial charge on any atom is -0.483 e. The maximum Gasteiger partial charge on any atom is 0.276 e. The monoisotopic (exact) mass is 412 g/mol. The van der Waals surface area contributed by atoms with Crippen LogP contribution in [0.3, 0.4) is 0 Å². The summed E-state index contributed by atoms with van der Waals surface area (Å²) in [6, 6.07) is 5.81. The number of hydrogen-bond acceptors (Lipinski definition) is 3. The second kappa shape index (κ2) is 10.4. The van der Waals surface area contributed by atoms with Crippen molar-refractivity contribution in [3.05, 3.63) is 28.2 Å². The van der Waals surface area contributed by atoms with Gasteiger partial charge in [-0.2, -0.15) is 0 Å². The highest BCUT2D eigenvalue weighted by atomic mass is 79.9. The van der Waals surface area contributed by atoms with Gasteiger partial charge in [-0.3, -0.25) is 20.4 Å². The van der Waals surface area contributed by atoms with Gasteiger partial charge in [-0.15, -0.1) is 0 Å². The smallest absolute Gasteiger partial charge is 0.276 e. The van der Waals surface area contributed by atoms with Crippen LogP contribution in [-0.2, 0) is 15.0 Å². The summed E-state index contributed by atoms with van der Waals surface area (Å²) in [5, 5.41) is 0. The van der Waals surface area contributed by atoms with Crippen LogP contribution < -0.4 is 15.6 Å². The standard InChI is InChI=1S/C19H29BrN2O3/c1-5-6-7-8-9-17(23)21-22-18(24)13-25-16-11-10-14(12-15(16)20)19(2,3)4/h10-12H,5-9,13H2,1-4H3,(H,21,23)(H,22,24). The molecule has 0 heterocycles. The number of unbranched alkanes of at least 4 members (excludes halogenated alkanes) is 3. The fraction of sp³-hybridized carbons (Fsp3) is 0.579. The highest BCUT2D eigenvalue weighted by Crippen LogP contribution is 2.31. The predicted octanol–water partition coefficient (Wildman–Crippen LogP) is 4.24. The van der Waals surface area contributed by atoms with Gasteiger partial charge in [0.2, 0.25) is 5.91 Å². The minimum absolute atomic E-state index is 0.0415. The SMILES string of the molecule is CCCCCCC(=O)NNC(=O)COc1ccc(C(C)(C)C)cc1Br. The average Bonchev–Trinajstić information content (AvgIpc) is 2.54. The first-order valence-electron chi connectivity index (χ1n) is 8.74. The van der Waals surface area contributed by atoms with E-state index in [0.29, 0.717) is 12.2 Å². The molecular formula is C19H29BrN2O3. The van der Waals surface area contributed by atoms with E-state index in [2.05, 4.69) is 54.5 Å². The van der Waals surface area contributed by atoms with Crippen LogP contribution in [0.1, 0.15) is 65.4 Å². The molecule has 0 saturated heterocycles.